The zero-order valence-corrected chi connectivity index (χ0v) is 18.2. The van der Waals surface area contributed by atoms with E-state index in [0.29, 0.717) is 11.7 Å². The Morgan fingerprint density at radius 2 is 1.86 bits per heavy atom. The number of rotatable bonds is 9. The van der Waals surface area contributed by atoms with Crippen molar-refractivity contribution in [3.05, 3.63) is 35.7 Å². The quantitative estimate of drug-likeness (QED) is 0.319. The number of benzene rings is 1. The van der Waals surface area contributed by atoms with E-state index >= 15 is 0 Å². The van der Waals surface area contributed by atoms with Crippen molar-refractivity contribution in [1.29, 1.82) is 5.41 Å². The second kappa shape index (κ2) is 11.8. The Morgan fingerprint density at radius 3 is 2.59 bits per heavy atom. The van der Waals surface area contributed by atoms with Gasteiger partial charge in [-0.3, -0.25) is 5.41 Å². The van der Waals surface area contributed by atoms with E-state index in [2.05, 4.69) is 41.3 Å². The normalized spacial score (nSPS) is 16.4. The molecule has 0 spiro atoms. The predicted octanol–water partition coefficient (Wildman–Crippen LogP) is 5.48. The molecule has 0 unspecified atom stereocenters. The SMILES string of the molecule is CCCCCCCCc1ccc(-c2noc([C@@H]3CCCCN3C(=N)N)n2)cc1.Cl. The first kappa shape index (κ1) is 23.2. The van der Waals surface area contributed by atoms with Gasteiger partial charge in [0, 0.05) is 12.1 Å². The van der Waals surface area contributed by atoms with Gasteiger partial charge in [-0.2, -0.15) is 4.98 Å². The van der Waals surface area contributed by atoms with Gasteiger partial charge in [-0.15, -0.1) is 12.4 Å². The summed E-state index contributed by atoms with van der Waals surface area (Å²) in [5.74, 6) is 1.24. The summed E-state index contributed by atoms with van der Waals surface area (Å²) in [4.78, 5) is 6.45. The number of aryl methyl sites for hydroxylation is 1. The fourth-order valence-corrected chi connectivity index (χ4v) is 3.89. The number of piperidine rings is 1. The van der Waals surface area contributed by atoms with Gasteiger partial charge in [0.1, 0.15) is 6.04 Å². The Labute approximate surface area is 180 Å². The van der Waals surface area contributed by atoms with Crippen LogP contribution in [0.3, 0.4) is 0 Å². The molecule has 1 atom stereocenters. The summed E-state index contributed by atoms with van der Waals surface area (Å²) in [5.41, 5.74) is 8.05. The summed E-state index contributed by atoms with van der Waals surface area (Å²) in [5, 5.41) is 11.9. The fourth-order valence-electron chi connectivity index (χ4n) is 3.89. The smallest absolute Gasteiger partial charge is 0.249 e. The fraction of sp³-hybridized carbons (Fsp3) is 0.591. The van der Waals surface area contributed by atoms with Gasteiger partial charge in [-0.1, -0.05) is 68.4 Å². The third kappa shape index (κ3) is 6.46. The highest BCUT2D eigenvalue weighted by atomic mass is 35.5. The first-order valence-electron chi connectivity index (χ1n) is 10.7. The standard InChI is InChI=1S/C22H33N5O.ClH/c1-2-3-4-5-6-7-10-17-12-14-18(15-13-17)20-25-21(28-26-20)19-11-8-9-16-27(19)22(23)24;/h12-15,19H,2-11,16H2,1H3,(H3,23,24);1H/t19-;/m0./s1. The van der Waals surface area contributed by atoms with Crippen molar-refractivity contribution in [2.24, 2.45) is 5.73 Å². The first-order valence-corrected chi connectivity index (χ1v) is 10.7. The minimum atomic E-state index is -0.0838. The molecule has 1 aromatic heterocycles. The van der Waals surface area contributed by atoms with Gasteiger partial charge in [-0.25, -0.2) is 0 Å². The predicted molar refractivity (Wildman–Crippen MR) is 119 cm³/mol. The third-order valence-electron chi connectivity index (χ3n) is 5.57. The van der Waals surface area contributed by atoms with Crippen molar-refractivity contribution in [3.8, 4) is 11.4 Å². The van der Waals surface area contributed by atoms with Crippen LogP contribution in [-0.2, 0) is 6.42 Å². The molecule has 0 radical (unpaired) electrons. The number of hydrogen-bond acceptors (Lipinski definition) is 4. The molecule has 2 aromatic rings. The molecule has 7 heteroatoms. The number of aromatic nitrogens is 2. The minimum absolute atomic E-state index is 0. The van der Waals surface area contributed by atoms with Crippen molar-refractivity contribution >= 4 is 18.4 Å². The van der Waals surface area contributed by atoms with Crippen LogP contribution in [0.15, 0.2) is 28.8 Å². The van der Waals surface area contributed by atoms with Crippen LogP contribution in [0, 0.1) is 5.41 Å². The van der Waals surface area contributed by atoms with E-state index in [1.165, 1.54) is 44.1 Å². The molecule has 1 aromatic carbocycles. The second-order valence-corrected chi connectivity index (χ2v) is 7.76. The molecule has 29 heavy (non-hydrogen) atoms. The van der Waals surface area contributed by atoms with Gasteiger partial charge in [0.2, 0.25) is 11.7 Å². The van der Waals surface area contributed by atoms with E-state index in [-0.39, 0.29) is 24.4 Å². The van der Waals surface area contributed by atoms with Crippen LogP contribution in [-0.4, -0.2) is 27.5 Å². The Bertz CT molecular complexity index is 746. The lowest BCUT2D eigenvalue weighted by Gasteiger charge is -2.33. The van der Waals surface area contributed by atoms with E-state index < -0.39 is 0 Å². The number of unbranched alkanes of at least 4 members (excludes halogenated alkanes) is 5. The lowest BCUT2D eigenvalue weighted by atomic mass is 10.0. The number of nitrogens with two attached hydrogens (primary N) is 1. The molecule has 1 aliphatic rings. The summed E-state index contributed by atoms with van der Waals surface area (Å²) >= 11 is 0. The minimum Gasteiger partial charge on any atom is -0.370 e. The van der Waals surface area contributed by atoms with Crippen LogP contribution in [0.5, 0.6) is 0 Å². The van der Waals surface area contributed by atoms with Crippen molar-refractivity contribution in [1.82, 2.24) is 15.0 Å². The number of nitrogens with zero attached hydrogens (tertiary/aromatic N) is 3. The molecule has 3 rings (SSSR count). The number of guanidine groups is 1. The Hall–Kier alpha value is -2.08. The molecule has 0 aliphatic carbocycles. The Kier molecular flexibility index (Phi) is 9.45. The highest BCUT2D eigenvalue weighted by Crippen LogP contribution is 2.30. The molecule has 2 heterocycles. The van der Waals surface area contributed by atoms with Crippen molar-refractivity contribution in [2.75, 3.05) is 6.54 Å². The van der Waals surface area contributed by atoms with E-state index in [1.54, 1.807) is 0 Å². The van der Waals surface area contributed by atoms with Crippen molar-refractivity contribution < 1.29 is 4.52 Å². The molecule has 1 aliphatic heterocycles. The Balaban J connectivity index is 0.00000300. The Morgan fingerprint density at radius 1 is 1.14 bits per heavy atom. The average Bonchev–Trinajstić information content (AvgIpc) is 3.21. The lowest BCUT2D eigenvalue weighted by molar-refractivity contribution is 0.192. The topological polar surface area (TPSA) is 92.0 Å². The van der Waals surface area contributed by atoms with E-state index in [4.69, 9.17) is 15.7 Å². The highest BCUT2D eigenvalue weighted by Gasteiger charge is 2.29. The first-order chi connectivity index (χ1) is 13.7. The van der Waals surface area contributed by atoms with Gasteiger partial charge >= 0.3 is 0 Å². The summed E-state index contributed by atoms with van der Waals surface area (Å²) in [6, 6.07) is 8.40. The zero-order chi connectivity index (χ0) is 19.8. The molecule has 6 nitrogen and oxygen atoms in total. The molecule has 1 saturated heterocycles. The van der Waals surface area contributed by atoms with Crippen LogP contribution in [0.2, 0.25) is 0 Å². The molecular weight excluding hydrogens is 386 g/mol. The summed E-state index contributed by atoms with van der Waals surface area (Å²) in [7, 11) is 0. The maximum Gasteiger partial charge on any atom is 0.249 e. The molecule has 0 saturated carbocycles. The molecule has 0 bridgehead atoms. The zero-order valence-electron chi connectivity index (χ0n) is 17.4. The number of halogens is 1. The molecule has 1 fully saturated rings. The number of nitrogens with one attached hydrogen (secondary N) is 1. The maximum atomic E-state index is 7.78. The van der Waals surface area contributed by atoms with Crippen LogP contribution in [0.1, 0.15) is 82.2 Å². The lowest BCUT2D eigenvalue weighted by Crippen LogP contribution is -2.42. The summed E-state index contributed by atoms with van der Waals surface area (Å²) in [6.07, 6.45) is 12.0. The molecule has 3 N–H and O–H groups in total. The molecular formula is C22H34ClN5O. The van der Waals surface area contributed by atoms with Crippen LogP contribution < -0.4 is 5.73 Å². The van der Waals surface area contributed by atoms with Crippen LogP contribution in [0.4, 0.5) is 0 Å². The monoisotopic (exact) mass is 419 g/mol. The second-order valence-electron chi connectivity index (χ2n) is 7.76. The molecule has 160 valence electrons. The van der Waals surface area contributed by atoms with E-state index in [9.17, 15) is 0 Å². The van der Waals surface area contributed by atoms with Gasteiger partial charge in [0.15, 0.2) is 5.96 Å². The van der Waals surface area contributed by atoms with Gasteiger partial charge in [0.05, 0.1) is 0 Å². The number of hydrogen-bond donors (Lipinski definition) is 2. The number of likely N-dealkylation sites (tertiary alicyclic amines) is 1. The van der Waals surface area contributed by atoms with Crippen LogP contribution in [0.25, 0.3) is 11.4 Å². The van der Waals surface area contributed by atoms with Gasteiger partial charge in [0.25, 0.3) is 0 Å². The van der Waals surface area contributed by atoms with E-state index in [0.717, 1.165) is 37.8 Å². The average molecular weight is 420 g/mol. The third-order valence-corrected chi connectivity index (χ3v) is 5.57. The summed E-state index contributed by atoms with van der Waals surface area (Å²) < 4.78 is 5.53. The largest absolute Gasteiger partial charge is 0.370 e. The molecule has 0 amide bonds. The van der Waals surface area contributed by atoms with Crippen LogP contribution >= 0.6 is 12.4 Å². The van der Waals surface area contributed by atoms with Crippen molar-refractivity contribution in [3.63, 3.8) is 0 Å². The van der Waals surface area contributed by atoms with Gasteiger partial charge < -0.3 is 15.2 Å². The highest BCUT2D eigenvalue weighted by molar-refractivity contribution is 5.85. The maximum absolute atomic E-state index is 7.78. The van der Waals surface area contributed by atoms with Gasteiger partial charge in [-0.05, 0) is 37.7 Å². The summed E-state index contributed by atoms with van der Waals surface area (Å²) in [6.45, 7) is 3.02. The van der Waals surface area contributed by atoms with Crippen molar-refractivity contribution in [2.45, 2.75) is 77.2 Å². The van der Waals surface area contributed by atoms with E-state index in [1.807, 2.05) is 4.90 Å².